The van der Waals surface area contributed by atoms with Crippen molar-refractivity contribution in [1.82, 2.24) is 0 Å². The van der Waals surface area contributed by atoms with E-state index in [1.54, 1.807) is 6.07 Å². The summed E-state index contributed by atoms with van der Waals surface area (Å²) in [5, 5.41) is 9.81. The molecule has 0 fully saturated rings. The molecular formula is C9H10ClNO3. The molecule has 0 saturated heterocycles. The van der Waals surface area contributed by atoms with E-state index in [-0.39, 0.29) is 5.75 Å². The van der Waals surface area contributed by atoms with Gasteiger partial charge in [0.15, 0.2) is 0 Å². The van der Waals surface area contributed by atoms with E-state index in [9.17, 15) is 9.90 Å². The Bertz CT molecular complexity index is 354. The highest BCUT2D eigenvalue weighted by Crippen LogP contribution is 2.26. The zero-order chi connectivity index (χ0) is 10.7. The molecule has 0 heterocycles. The van der Waals surface area contributed by atoms with Crippen molar-refractivity contribution in [2.75, 3.05) is 7.11 Å². The third kappa shape index (κ3) is 2.16. The van der Waals surface area contributed by atoms with E-state index in [1.165, 1.54) is 19.2 Å². The summed E-state index contributed by atoms with van der Waals surface area (Å²) in [7, 11) is 1.23. The van der Waals surface area contributed by atoms with Gasteiger partial charge in [0, 0.05) is 10.6 Å². The zero-order valence-corrected chi connectivity index (χ0v) is 8.28. The fraction of sp³-hybridized carbons (Fsp3) is 0.222. The molecule has 0 amide bonds. The largest absolute Gasteiger partial charge is 0.508 e. The second kappa shape index (κ2) is 4.30. The van der Waals surface area contributed by atoms with Crippen LogP contribution in [0.3, 0.4) is 0 Å². The topological polar surface area (TPSA) is 72.5 Å². The van der Waals surface area contributed by atoms with Crippen LogP contribution in [0, 0.1) is 0 Å². The second-order valence-electron chi connectivity index (χ2n) is 2.70. The van der Waals surface area contributed by atoms with Crippen LogP contribution in [0.4, 0.5) is 0 Å². The van der Waals surface area contributed by atoms with E-state index >= 15 is 0 Å². The van der Waals surface area contributed by atoms with Gasteiger partial charge in [-0.15, -0.1) is 0 Å². The van der Waals surface area contributed by atoms with Crippen LogP contribution in [0.25, 0.3) is 0 Å². The molecule has 1 unspecified atom stereocenters. The van der Waals surface area contributed by atoms with E-state index in [1.807, 2.05) is 0 Å². The minimum Gasteiger partial charge on any atom is -0.508 e. The molecule has 76 valence electrons. The lowest BCUT2D eigenvalue weighted by Crippen LogP contribution is -2.22. The Balaban J connectivity index is 3.01. The number of rotatable bonds is 2. The summed E-state index contributed by atoms with van der Waals surface area (Å²) in [4.78, 5) is 11.1. The van der Waals surface area contributed by atoms with Gasteiger partial charge in [-0.25, -0.2) is 0 Å². The maximum Gasteiger partial charge on any atom is 0.327 e. The van der Waals surface area contributed by atoms with E-state index < -0.39 is 12.0 Å². The number of hydrogen-bond acceptors (Lipinski definition) is 4. The van der Waals surface area contributed by atoms with Gasteiger partial charge in [-0.3, -0.25) is 4.79 Å². The van der Waals surface area contributed by atoms with E-state index in [4.69, 9.17) is 17.3 Å². The van der Waals surface area contributed by atoms with Gasteiger partial charge >= 0.3 is 5.97 Å². The third-order valence-corrected chi connectivity index (χ3v) is 2.02. The molecule has 1 aromatic carbocycles. The first kappa shape index (κ1) is 10.8. The van der Waals surface area contributed by atoms with Gasteiger partial charge in [0.05, 0.1) is 7.11 Å². The minimum atomic E-state index is -0.989. The van der Waals surface area contributed by atoms with Gasteiger partial charge in [0.25, 0.3) is 0 Å². The number of carbonyl (C=O) groups excluding carboxylic acids is 1. The smallest absolute Gasteiger partial charge is 0.327 e. The summed E-state index contributed by atoms with van der Waals surface area (Å²) in [6.45, 7) is 0. The summed E-state index contributed by atoms with van der Waals surface area (Å²) in [6.07, 6.45) is 0. The summed E-state index contributed by atoms with van der Waals surface area (Å²) >= 11 is 5.62. The van der Waals surface area contributed by atoms with Crippen LogP contribution in [-0.4, -0.2) is 18.2 Å². The van der Waals surface area contributed by atoms with Crippen molar-refractivity contribution >= 4 is 17.6 Å². The first-order valence-corrected chi connectivity index (χ1v) is 4.26. The van der Waals surface area contributed by atoms with Crippen LogP contribution in [0.2, 0.25) is 5.02 Å². The fourth-order valence-electron chi connectivity index (χ4n) is 1.03. The van der Waals surface area contributed by atoms with Gasteiger partial charge in [0.2, 0.25) is 0 Å². The first-order valence-electron chi connectivity index (χ1n) is 3.88. The second-order valence-corrected chi connectivity index (χ2v) is 3.14. The van der Waals surface area contributed by atoms with Crippen LogP contribution in [0.15, 0.2) is 18.2 Å². The fourth-order valence-corrected chi connectivity index (χ4v) is 1.20. The number of phenols is 1. The van der Waals surface area contributed by atoms with Crippen molar-refractivity contribution < 1.29 is 14.6 Å². The Morgan fingerprint density at radius 2 is 2.29 bits per heavy atom. The Kier molecular flexibility index (Phi) is 3.33. The molecule has 0 aromatic heterocycles. The van der Waals surface area contributed by atoms with Crippen molar-refractivity contribution in [2.45, 2.75) is 6.04 Å². The predicted octanol–water partition coefficient (Wildman–Crippen LogP) is 1.22. The van der Waals surface area contributed by atoms with Crippen LogP contribution in [-0.2, 0) is 9.53 Å². The Hall–Kier alpha value is -1.26. The highest BCUT2D eigenvalue weighted by atomic mass is 35.5. The number of halogens is 1. The maximum atomic E-state index is 11.1. The van der Waals surface area contributed by atoms with Crippen molar-refractivity contribution in [3.8, 4) is 5.75 Å². The SMILES string of the molecule is COC(=O)C(N)c1ccc(Cl)cc1O. The molecular weight excluding hydrogens is 206 g/mol. The van der Waals surface area contributed by atoms with Gasteiger partial charge in [-0.2, -0.15) is 0 Å². The lowest BCUT2D eigenvalue weighted by atomic mass is 10.1. The van der Waals surface area contributed by atoms with E-state index in [0.29, 0.717) is 10.6 Å². The molecule has 14 heavy (non-hydrogen) atoms. The number of aromatic hydroxyl groups is 1. The van der Waals surface area contributed by atoms with Crippen LogP contribution in [0.5, 0.6) is 5.75 Å². The molecule has 0 bridgehead atoms. The Morgan fingerprint density at radius 3 is 2.79 bits per heavy atom. The van der Waals surface area contributed by atoms with Gasteiger partial charge in [-0.05, 0) is 12.1 Å². The number of nitrogens with two attached hydrogens (primary N) is 1. The number of benzene rings is 1. The van der Waals surface area contributed by atoms with Crippen LogP contribution < -0.4 is 5.73 Å². The first-order chi connectivity index (χ1) is 6.56. The van der Waals surface area contributed by atoms with Crippen molar-refractivity contribution in [2.24, 2.45) is 5.73 Å². The molecule has 0 aliphatic heterocycles. The molecule has 0 spiro atoms. The average Bonchev–Trinajstić information content (AvgIpc) is 2.15. The van der Waals surface area contributed by atoms with Gasteiger partial charge in [0.1, 0.15) is 11.8 Å². The number of phenolic OH excluding ortho intramolecular Hbond substituents is 1. The number of hydrogen-bond donors (Lipinski definition) is 2. The highest BCUT2D eigenvalue weighted by molar-refractivity contribution is 6.30. The summed E-state index contributed by atoms with van der Waals surface area (Å²) in [6, 6.07) is 3.36. The maximum absolute atomic E-state index is 11.1. The van der Waals surface area contributed by atoms with E-state index in [2.05, 4.69) is 4.74 Å². The van der Waals surface area contributed by atoms with Crippen molar-refractivity contribution in [3.05, 3.63) is 28.8 Å². The minimum absolute atomic E-state index is 0.115. The Morgan fingerprint density at radius 1 is 1.64 bits per heavy atom. The molecule has 3 N–H and O–H groups in total. The lowest BCUT2D eigenvalue weighted by Gasteiger charge is -2.11. The summed E-state index contributed by atoms with van der Waals surface area (Å²) < 4.78 is 4.44. The molecule has 4 nitrogen and oxygen atoms in total. The average molecular weight is 216 g/mol. The normalized spacial score (nSPS) is 12.2. The van der Waals surface area contributed by atoms with Crippen molar-refractivity contribution in [3.63, 3.8) is 0 Å². The number of ether oxygens (including phenoxy) is 1. The number of esters is 1. The molecule has 0 aliphatic rings. The molecule has 1 atom stereocenters. The molecule has 0 aliphatic carbocycles. The third-order valence-electron chi connectivity index (χ3n) is 1.78. The van der Waals surface area contributed by atoms with Crippen LogP contribution >= 0.6 is 11.6 Å². The molecule has 0 radical (unpaired) electrons. The summed E-state index contributed by atoms with van der Waals surface area (Å²) in [5.41, 5.74) is 5.82. The zero-order valence-electron chi connectivity index (χ0n) is 7.53. The predicted molar refractivity (Wildman–Crippen MR) is 52.1 cm³/mol. The quantitative estimate of drug-likeness (QED) is 0.728. The lowest BCUT2D eigenvalue weighted by molar-refractivity contribution is -0.142. The van der Waals surface area contributed by atoms with E-state index in [0.717, 1.165) is 0 Å². The molecule has 5 heteroatoms. The van der Waals surface area contributed by atoms with Gasteiger partial charge < -0.3 is 15.6 Å². The monoisotopic (exact) mass is 215 g/mol. The highest BCUT2D eigenvalue weighted by Gasteiger charge is 2.19. The molecule has 1 rings (SSSR count). The van der Waals surface area contributed by atoms with Gasteiger partial charge in [-0.1, -0.05) is 17.7 Å². The number of carbonyl (C=O) groups is 1. The van der Waals surface area contributed by atoms with Crippen molar-refractivity contribution in [1.29, 1.82) is 0 Å². The molecule has 1 aromatic rings. The molecule has 0 saturated carbocycles. The Labute approximate surface area is 86.2 Å². The standard InChI is InChI=1S/C9H10ClNO3/c1-14-9(13)8(11)6-3-2-5(10)4-7(6)12/h2-4,8,12H,11H2,1H3. The van der Waals surface area contributed by atoms with Crippen LogP contribution in [0.1, 0.15) is 11.6 Å². The summed E-state index contributed by atoms with van der Waals surface area (Å²) in [5.74, 6) is -0.724. The number of methoxy groups -OCH3 is 1.